The third-order valence-corrected chi connectivity index (χ3v) is 3.85. The lowest BCUT2D eigenvalue weighted by Gasteiger charge is -2.32. The van der Waals surface area contributed by atoms with Crippen molar-refractivity contribution in [2.45, 2.75) is 25.3 Å². The van der Waals surface area contributed by atoms with E-state index in [0.717, 1.165) is 12.2 Å². The first-order valence-electron chi connectivity index (χ1n) is 7.18. The van der Waals surface area contributed by atoms with Crippen LogP contribution in [0, 0.1) is 0 Å². The molecule has 1 heterocycles. The Morgan fingerprint density at radius 2 is 1.62 bits per heavy atom. The van der Waals surface area contributed by atoms with Crippen LogP contribution in [-0.2, 0) is 6.42 Å². The van der Waals surface area contributed by atoms with Crippen molar-refractivity contribution in [3.63, 3.8) is 0 Å². The number of ether oxygens (including phenoxy) is 2. The van der Waals surface area contributed by atoms with Gasteiger partial charge in [0.05, 0.1) is 5.54 Å². The third-order valence-electron chi connectivity index (χ3n) is 3.85. The molecule has 0 amide bonds. The van der Waals surface area contributed by atoms with Crippen molar-refractivity contribution < 1.29 is 9.47 Å². The molecular weight excluding hydrogens is 262 g/mol. The van der Waals surface area contributed by atoms with Crippen molar-refractivity contribution in [1.29, 1.82) is 0 Å². The number of benzene rings is 2. The number of nitrogens with two attached hydrogens (primary N) is 1. The molecule has 0 spiro atoms. The molecule has 21 heavy (non-hydrogen) atoms. The van der Waals surface area contributed by atoms with E-state index in [-0.39, 0.29) is 0 Å². The second-order valence-corrected chi connectivity index (χ2v) is 5.32. The smallest absolute Gasteiger partial charge is 0.169 e. The minimum absolute atomic E-state index is 0.575. The predicted molar refractivity (Wildman–Crippen MR) is 83.1 cm³/mol. The van der Waals surface area contributed by atoms with Gasteiger partial charge < -0.3 is 15.2 Å². The molecule has 0 aromatic heterocycles. The Hall–Kier alpha value is -2.26. The molecule has 0 saturated carbocycles. The summed E-state index contributed by atoms with van der Waals surface area (Å²) < 4.78 is 11.6. The summed E-state index contributed by atoms with van der Waals surface area (Å²) in [6.45, 7) is 2.06. The van der Waals surface area contributed by atoms with Gasteiger partial charge in [-0.3, -0.25) is 0 Å². The van der Waals surface area contributed by atoms with Crippen LogP contribution in [0.5, 0.6) is 11.5 Å². The number of para-hydroxylation sites is 2. The van der Waals surface area contributed by atoms with Crippen molar-refractivity contribution >= 4 is 0 Å². The minimum Gasteiger partial charge on any atom is -0.457 e. The van der Waals surface area contributed by atoms with E-state index in [1.165, 1.54) is 5.56 Å². The van der Waals surface area contributed by atoms with Gasteiger partial charge in [-0.1, -0.05) is 49.4 Å². The van der Waals surface area contributed by atoms with Gasteiger partial charge in [0.25, 0.3) is 0 Å². The van der Waals surface area contributed by atoms with Crippen LogP contribution in [0.15, 0.2) is 66.6 Å². The van der Waals surface area contributed by atoms with Gasteiger partial charge in [0.2, 0.25) is 0 Å². The third kappa shape index (κ3) is 2.78. The van der Waals surface area contributed by atoms with Crippen molar-refractivity contribution in [3.8, 4) is 11.5 Å². The Labute approximate surface area is 125 Å². The van der Waals surface area contributed by atoms with E-state index in [1.807, 2.05) is 42.5 Å². The van der Waals surface area contributed by atoms with Gasteiger partial charge in [-0.15, -0.1) is 0 Å². The van der Waals surface area contributed by atoms with Gasteiger partial charge in [0.1, 0.15) is 6.26 Å². The lowest BCUT2D eigenvalue weighted by Crippen LogP contribution is -2.46. The first-order valence-corrected chi connectivity index (χ1v) is 7.18. The number of fused-ring (bicyclic) bond motifs is 1. The molecule has 2 N–H and O–H groups in total. The average Bonchev–Trinajstić information content (AvgIpc) is 2.55. The second-order valence-electron chi connectivity index (χ2n) is 5.32. The molecular formula is C18H19NO2. The largest absolute Gasteiger partial charge is 0.457 e. The van der Waals surface area contributed by atoms with E-state index >= 15 is 0 Å². The Morgan fingerprint density at radius 3 is 2.33 bits per heavy atom. The predicted octanol–water partition coefficient (Wildman–Crippen LogP) is 3.65. The molecule has 3 nitrogen and oxygen atoms in total. The summed E-state index contributed by atoms with van der Waals surface area (Å²) in [5.74, 6) is 2.11. The monoisotopic (exact) mass is 281 g/mol. The summed E-state index contributed by atoms with van der Waals surface area (Å²) in [4.78, 5) is 0. The van der Waals surface area contributed by atoms with E-state index in [1.54, 1.807) is 6.26 Å². The highest BCUT2D eigenvalue weighted by atomic mass is 16.6. The maximum atomic E-state index is 6.59. The van der Waals surface area contributed by atoms with Gasteiger partial charge >= 0.3 is 0 Å². The molecule has 0 fully saturated rings. The fraction of sp³-hybridized carbons (Fsp3) is 0.222. The molecule has 0 bridgehead atoms. The topological polar surface area (TPSA) is 44.5 Å². The summed E-state index contributed by atoms with van der Waals surface area (Å²) in [6.07, 6.45) is 3.11. The van der Waals surface area contributed by atoms with Crippen molar-refractivity contribution in [3.05, 3.63) is 72.2 Å². The maximum absolute atomic E-state index is 6.59. The highest BCUT2D eigenvalue weighted by Gasteiger charge is 2.33. The maximum Gasteiger partial charge on any atom is 0.169 e. The standard InChI is InChI=1S/C18H19NO2/c1-2-18(19,12-14-8-4-3-5-9-14)17-13-20-15-10-6-7-11-16(15)21-17/h3-11,13H,2,12,19H2,1H3. The van der Waals surface area contributed by atoms with Gasteiger partial charge in [0.15, 0.2) is 17.3 Å². The van der Waals surface area contributed by atoms with Gasteiger partial charge in [-0.05, 0) is 30.5 Å². The van der Waals surface area contributed by atoms with Crippen LogP contribution in [0.3, 0.4) is 0 Å². The lowest BCUT2D eigenvalue weighted by molar-refractivity contribution is 0.250. The summed E-state index contributed by atoms with van der Waals surface area (Å²) in [5.41, 5.74) is 7.20. The number of rotatable bonds is 4. The zero-order chi connectivity index (χ0) is 14.7. The number of hydrogen-bond donors (Lipinski definition) is 1. The van der Waals surface area contributed by atoms with E-state index in [9.17, 15) is 0 Å². The highest BCUT2D eigenvalue weighted by molar-refractivity contribution is 5.44. The SMILES string of the molecule is CCC(N)(Cc1ccccc1)C1=COc2ccccc2O1. The molecule has 1 aliphatic heterocycles. The fourth-order valence-corrected chi connectivity index (χ4v) is 2.46. The van der Waals surface area contributed by atoms with E-state index in [0.29, 0.717) is 17.9 Å². The van der Waals surface area contributed by atoms with Crippen LogP contribution >= 0.6 is 0 Å². The molecule has 1 aliphatic rings. The molecule has 1 atom stereocenters. The first-order chi connectivity index (χ1) is 10.2. The van der Waals surface area contributed by atoms with E-state index in [4.69, 9.17) is 15.2 Å². The molecule has 0 saturated heterocycles. The quantitative estimate of drug-likeness (QED) is 0.930. The molecule has 0 aliphatic carbocycles. The lowest BCUT2D eigenvalue weighted by atomic mass is 9.87. The zero-order valence-electron chi connectivity index (χ0n) is 12.1. The van der Waals surface area contributed by atoms with Crippen LogP contribution in [-0.4, -0.2) is 5.54 Å². The van der Waals surface area contributed by atoms with Crippen molar-refractivity contribution in [2.24, 2.45) is 5.73 Å². The molecule has 3 heteroatoms. The molecule has 1 unspecified atom stereocenters. The summed E-state index contributed by atoms with van der Waals surface area (Å²) in [6, 6.07) is 17.8. The fourth-order valence-electron chi connectivity index (χ4n) is 2.46. The van der Waals surface area contributed by atoms with Crippen LogP contribution in [0.2, 0.25) is 0 Å². The van der Waals surface area contributed by atoms with Crippen molar-refractivity contribution in [1.82, 2.24) is 0 Å². The molecule has 2 aromatic carbocycles. The minimum atomic E-state index is -0.575. The Kier molecular flexibility index (Phi) is 3.67. The normalized spacial score (nSPS) is 16.0. The first kappa shape index (κ1) is 13.7. The molecule has 108 valence electrons. The highest BCUT2D eigenvalue weighted by Crippen LogP contribution is 2.36. The summed E-state index contributed by atoms with van der Waals surface area (Å²) in [7, 11) is 0. The van der Waals surface area contributed by atoms with Gasteiger partial charge in [-0.2, -0.15) is 0 Å². The van der Waals surface area contributed by atoms with Crippen LogP contribution in [0.1, 0.15) is 18.9 Å². The molecule has 2 aromatic rings. The van der Waals surface area contributed by atoms with Crippen LogP contribution in [0.25, 0.3) is 0 Å². The van der Waals surface area contributed by atoms with Crippen LogP contribution < -0.4 is 15.2 Å². The molecule has 3 rings (SSSR count). The Balaban J connectivity index is 1.85. The summed E-state index contributed by atoms with van der Waals surface area (Å²) in [5, 5.41) is 0. The Morgan fingerprint density at radius 1 is 0.952 bits per heavy atom. The van der Waals surface area contributed by atoms with Gasteiger partial charge in [-0.25, -0.2) is 0 Å². The van der Waals surface area contributed by atoms with E-state index < -0.39 is 5.54 Å². The molecule has 0 radical (unpaired) electrons. The van der Waals surface area contributed by atoms with E-state index in [2.05, 4.69) is 19.1 Å². The van der Waals surface area contributed by atoms with Crippen molar-refractivity contribution in [2.75, 3.05) is 0 Å². The summed E-state index contributed by atoms with van der Waals surface area (Å²) >= 11 is 0. The number of hydrogen-bond acceptors (Lipinski definition) is 3. The average molecular weight is 281 g/mol. The second kappa shape index (κ2) is 5.62. The van der Waals surface area contributed by atoms with Crippen LogP contribution in [0.4, 0.5) is 0 Å². The van der Waals surface area contributed by atoms with Gasteiger partial charge in [0, 0.05) is 0 Å². The Bertz CT molecular complexity index is 651. The zero-order valence-corrected chi connectivity index (χ0v) is 12.1.